The molecule has 1 aliphatic carbocycles. The molecule has 1 rings (SSSR count). The van der Waals surface area contributed by atoms with E-state index < -0.39 is 5.54 Å². The molecular weight excluding hydrogens is 240 g/mol. The number of ether oxygens (including phenoxy) is 1. The summed E-state index contributed by atoms with van der Waals surface area (Å²) in [4.78, 5) is 14.3. The van der Waals surface area contributed by atoms with E-state index in [1.165, 1.54) is 26.5 Å². The van der Waals surface area contributed by atoms with E-state index in [1.54, 1.807) is 0 Å². The van der Waals surface area contributed by atoms with Gasteiger partial charge in [0.15, 0.2) is 0 Å². The molecule has 0 heterocycles. The standard InChI is InChI=1S/C15H30N2O2/c1-12(2)16-15(3,14(18)19-5)9-6-10-17(4)11-13-7-8-13/h12-13,16H,6-11H2,1-5H3. The summed E-state index contributed by atoms with van der Waals surface area (Å²) in [6, 6.07) is 0.272. The lowest BCUT2D eigenvalue weighted by Gasteiger charge is -2.31. The monoisotopic (exact) mass is 270 g/mol. The molecule has 1 unspecified atom stereocenters. The third-order valence-corrected chi connectivity index (χ3v) is 3.73. The summed E-state index contributed by atoms with van der Waals surface area (Å²) in [6.07, 6.45) is 4.60. The van der Waals surface area contributed by atoms with Gasteiger partial charge in [0.1, 0.15) is 5.54 Å². The molecule has 1 fully saturated rings. The molecule has 0 aromatic heterocycles. The summed E-state index contributed by atoms with van der Waals surface area (Å²) in [5.74, 6) is 0.761. The van der Waals surface area contributed by atoms with Gasteiger partial charge in [-0.3, -0.25) is 10.1 Å². The first-order valence-corrected chi connectivity index (χ1v) is 7.42. The molecule has 1 aliphatic rings. The molecule has 0 amide bonds. The lowest BCUT2D eigenvalue weighted by molar-refractivity contribution is -0.148. The van der Waals surface area contributed by atoms with Crippen LogP contribution in [0.3, 0.4) is 0 Å². The molecule has 0 radical (unpaired) electrons. The third-order valence-electron chi connectivity index (χ3n) is 3.73. The molecule has 4 heteroatoms. The third kappa shape index (κ3) is 5.91. The lowest BCUT2D eigenvalue weighted by atomic mass is 9.94. The maximum absolute atomic E-state index is 11.9. The van der Waals surface area contributed by atoms with Crippen molar-refractivity contribution in [3.05, 3.63) is 0 Å². The minimum atomic E-state index is -0.566. The second-order valence-corrected chi connectivity index (χ2v) is 6.43. The van der Waals surface area contributed by atoms with Crippen molar-refractivity contribution in [2.45, 2.75) is 58.0 Å². The van der Waals surface area contributed by atoms with E-state index in [0.29, 0.717) is 0 Å². The van der Waals surface area contributed by atoms with Crippen LogP contribution in [0.1, 0.15) is 46.5 Å². The zero-order valence-electron chi connectivity index (χ0n) is 13.2. The molecule has 112 valence electrons. The van der Waals surface area contributed by atoms with Gasteiger partial charge in [0.05, 0.1) is 7.11 Å². The Morgan fingerprint density at radius 1 is 1.47 bits per heavy atom. The molecule has 1 N–H and O–H groups in total. The minimum absolute atomic E-state index is 0.161. The molecule has 0 aromatic carbocycles. The van der Waals surface area contributed by atoms with E-state index in [4.69, 9.17) is 4.74 Å². The topological polar surface area (TPSA) is 41.6 Å². The number of hydrogen-bond donors (Lipinski definition) is 1. The Morgan fingerprint density at radius 3 is 2.58 bits per heavy atom. The SMILES string of the molecule is COC(=O)C(C)(CCCN(C)CC1CC1)NC(C)C. The Hall–Kier alpha value is -0.610. The van der Waals surface area contributed by atoms with Crippen molar-refractivity contribution in [3.8, 4) is 0 Å². The Balaban J connectivity index is 2.36. The number of esters is 1. The highest BCUT2D eigenvalue weighted by molar-refractivity contribution is 5.80. The fourth-order valence-corrected chi connectivity index (χ4v) is 2.63. The first kappa shape index (κ1) is 16.4. The summed E-state index contributed by atoms with van der Waals surface area (Å²) in [7, 11) is 3.63. The Labute approximate surface area is 117 Å². The smallest absolute Gasteiger partial charge is 0.325 e. The number of carbonyl (C=O) groups is 1. The quantitative estimate of drug-likeness (QED) is 0.651. The normalized spacial score (nSPS) is 18.7. The van der Waals surface area contributed by atoms with E-state index in [9.17, 15) is 4.79 Å². The average Bonchev–Trinajstić information content (AvgIpc) is 3.10. The van der Waals surface area contributed by atoms with E-state index in [-0.39, 0.29) is 12.0 Å². The van der Waals surface area contributed by atoms with Gasteiger partial charge in [-0.25, -0.2) is 0 Å². The highest BCUT2D eigenvalue weighted by Crippen LogP contribution is 2.29. The van der Waals surface area contributed by atoms with Gasteiger partial charge in [-0.05, 0) is 66.0 Å². The van der Waals surface area contributed by atoms with Gasteiger partial charge in [-0.1, -0.05) is 0 Å². The van der Waals surface area contributed by atoms with E-state index in [2.05, 4.69) is 31.1 Å². The van der Waals surface area contributed by atoms with Gasteiger partial charge >= 0.3 is 5.97 Å². The number of methoxy groups -OCH3 is 1. The largest absolute Gasteiger partial charge is 0.468 e. The molecule has 0 aromatic rings. The summed E-state index contributed by atoms with van der Waals surface area (Å²) in [5.41, 5.74) is -0.566. The van der Waals surface area contributed by atoms with Crippen LogP contribution in [-0.2, 0) is 9.53 Å². The maximum atomic E-state index is 11.9. The van der Waals surface area contributed by atoms with Crippen LogP contribution in [0.15, 0.2) is 0 Å². The predicted molar refractivity (Wildman–Crippen MR) is 78.1 cm³/mol. The van der Waals surface area contributed by atoms with Gasteiger partial charge in [0, 0.05) is 12.6 Å². The van der Waals surface area contributed by atoms with Crippen LogP contribution in [0.4, 0.5) is 0 Å². The summed E-state index contributed by atoms with van der Waals surface area (Å²) >= 11 is 0. The number of hydrogen-bond acceptors (Lipinski definition) is 4. The Kier molecular flexibility index (Phi) is 6.27. The number of nitrogens with zero attached hydrogens (tertiary/aromatic N) is 1. The second kappa shape index (κ2) is 7.25. The van der Waals surface area contributed by atoms with Crippen LogP contribution in [0.2, 0.25) is 0 Å². The Morgan fingerprint density at radius 2 is 2.11 bits per heavy atom. The van der Waals surface area contributed by atoms with E-state index >= 15 is 0 Å². The molecule has 0 aliphatic heterocycles. The summed E-state index contributed by atoms with van der Waals surface area (Å²) < 4.78 is 4.93. The highest BCUT2D eigenvalue weighted by atomic mass is 16.5. The van der Waals surface area contributed by atoms with Crippen LogP contribution in [0, 0.1) is 5.92 Å². The molecule has 19 heavy (non-hydrogen) atoms. The average molecular weight is 270 g/mol. The minimum Gasteiger partial charge on any atom is -0.468 e. The number of nitrogens with one attached hydrogen (secondary N) is 1. The van der Waals surface area contributed by atoms with Gasteiger partial charge in [-0.15, -0.1) is 0 Å². The van der Waals surface area contributed by atoms with E-state index in [0.717, 1.165) is 25.3 Å². The molecule has 0 saturated heterocycles. The van der Waals surface area contributed by atoms with Gasteiger partial charge in [0.2, 0.25) is 0 Å². The summed E-state index contributed by atoms with van der Waals surface area (Å²) in [5, 5.41) is 3.34. The van der Waals surface area contributed by atoms with Crippen LogP contribution >= 0.6 is 0 Å². The lowest BCUT2D eigenvalue weighted by Crippen LogP contribution is -2.53. The van der Waals surface area contributed by atoms with Crippen LogP contribution < -0.4 is 5.32 Å². The van der Waals surface area contributed by atoms with Crippen molar-refractivity contribution in [2.24, 2.45) is 5.92 Å². The van der Waals surface area contributed by atoms with Crippen molar-refractivity contribution in [3.63, 3.8) is 0 Å². The van der Waals surface area contributed by atoms with Gasteiger partial charge < -0.3 is 9.64 Å². The van der Waals surface area contributed by atoms with Gasteiger partial charge in [-0.2, -0.15) is 0 Å². The van der Waals surface area contributed by atoms with Crippen LogP contribution in [0.25, 0.3) is 0 Å². The van der Waals surface area contributed by atoms with Crippen molar-refractivity contribution in [2.75, 3.05) is 27.2 Å². The van der Waals surface area contributed by atoms with Crippen LogP contribution in [0.5, 0.6) is 0 Å². The van der Waals surface area contributed by atoms with Crippen molar-refractivity contribution in [1.29, 1.82) is 0 Å². The second-order valence-electron chi connectivity index (χ2n) is 6.43. The number of rotatable bonds is 9. The number of carbonyl (C=O) groups excluding carboxylic acids is 1. The van der Waals surface area contributed by atoms with Crippen LogP contribution in [-0.4, -0.2) is 49.7 Å². The fraction of sp³-hybridized carbons (Fsp3) is 0.933. The molecule has 0 spiro atoms. The van der Waals surface area contributed by atoms with Gasteiger partial charge in [0.25, 0.3) is 0 Å². The van der Waals surface area contributed by atoms with Crippen molar-refractivity contribution in [1.82, 2.24) is 10.2 Å². The molecular formula is C15H30N2O2. The Bertz CT molecular complexity index is 290. The molecule has 1 atom stereocenters. The highest BCUT2D eigenvalue weighted by Gasteiger charge is 2.34. The first-order valence-electron chi connectivity index (χ1n) is 7.42. The fourth-order valence-electron chi connectivity index (χ4n) is 2.63. The summed E-state index contributed by atoms with van der Waals surface area (Å²) in [6.45, 7) is 8.30. The zero-order valence-corrected chi connectivity index (χ0v) is 13.2. The molecule has 1 saturated carbocycles. The van der Waals surface area contributed by atoms with Crippen molar-refractivity contribution < 1.29 is 9.53 Å². The zero-order chi connectivity index (χ0) is 14.5. The predicted octanol–water partition coefficient (Wildman–Crippen LogP) is 2.04. The van der Waals surface area contributed by atoms with Crippen molar-refractivity contribution >= 4 is 5.97 Å². The molecule has 4 nitrogen and oxygen atoms in total. The maximum Gasteiger partial charge on any atom is 0.325 e. The first-order chi connectivity index (χ1) is 8.87. The molecule has 0 bridgehead atoms. The van der Waals surface area contributed by atoms with E-state index in [1.807, 2.05) is 6.92 Å².